The molecule has 2 N–H and O–H groups in total. The van der Waals surface area contributed by atoms with Crippen LogP contribution in [-0.4, -0.2) is 22.3 Å². The van der Waals surface area contributed by atoms with E-state index in [4.69, 9.17) is 0 Å². The maximum absolute atomic E-state index is 12.3. The summed E-state index contributed by atoms with van der Waals surface area (Å²) >= 11 is 0. The number of hydrogen-bond acceptors (Lipinski definition) is 2. The largest absolute Gasteiger partial charge is 0.361 e. The van der Waals surface area contributed by atoms with Crippen molar-refractivity contribution < 1.29 is 4.79 Å². The summed E-state index contributed by atoms with van der Waals surface area (Å²) in [5.41, 5.74) is 2.20. The number of aromatic nitrogens is 1. The fourth-order valence-electron chi connectivity index (χ4n) is 3.56. The van der Waals surface area contributed by atoms with Crippen molar-refractivity contribution in [2.45, 2.75) is 72.4 Å². The molecule has 0 aliphatic rings. The van der Waals surface area contributed by atoms with Crippen molar-refractivity contribution in [2.24, 2.45) is 5.41 Å². The maximum atomic E-state index is 12.3. The molecule has 2 aromatic rings. The van der Waals surface area contributed by atoms with E-state index < -0.39 is 0 Å². The Bertz CT molecular complexity index is 691. The van der Waals surface area contributed by atoms with Crippen LogP contribution < -0.4 is 5.32 Å². The van der Waals surface area contributed by atoms with Gasteiger partial charge in [-0.25, -0.2) is 0 Å². The number of aromatic amines is 1. The van der Waals surface area contributed by atoms with E-state index >= 15 is 0 Å². The van der Waals surface area contributed by atoms with Crippen molar-refractivity contribution in [1.29, 1.82) is 0 Å². The molecule has 0 spiro atoms. The van der Waals surface area contributed by atoms with E-state index in [9.17, 15) is 4.79 Å². The predicted octanol–water partition coefficient (Wildman–Crippen LogP) is 4.86. The molecule has 0 bridgehead atoms. The molecular weight excluding hydrogens is 296 g/mol. The van der Waals surface area contributed by atoms with Gasteiger partial charge in [-0.2, -0.15) is 0 Å². The minimum absolute atomic E-state index is 0.0160. The van der Waals surface area contributed by atoms with Crippen LogP contribution in [0, 0.1) is 5.41 Å². The van der Waals surface area contributed by atoms with Crippen molar-refractivity contribution in [3.63, 3.8) is 0 Å². The molecule has 1 heterocycles. The Morgan fingerprint density at radius 2 is 1.83 bits per heavy atom. The smallest absolute Gasteiger partial charge is 0.138 e. The molecule has 0 radical (unpaired) electrons. The molecule has 0 amide bonds. The van der Waals surface area contributed by atoms with Crippen molar-refractivity contribution in [3.05, 3.63) is 36.0 Å². The van der Waals surface area contributed by atoms with E-state index in [2.05, 4.69) is 75.4 Å². The third kappa shape index (κ3) is 4.70. The first-order chi connectivity index (χ1) is 11.1. The topological polar surface area (TPSA) is 44.9 Å². The van der Waals surface area contributed by atoms with Gasteiger partial charge in [0.2, 0.25) is 0 Å². The van der Waals surface area contributed by atoms with Crippen molar-refractivity contribution >= 4 is 16.7 Å². The highest BCUT2D eigenvalue weighted by Crippen LogP contribution is 2.29. The van der Waals surface area contributed by atoms with Crippen molar-refractivity contribution in [3.8, 4) is 0 Å². The van der Waals surface area contributed by atoms with Crippen LogP contribution >= 0.6 is 0 Å². The lowest BCUT2D eigenvalue weighted by Crippen LogP contribution is -2.47. The van der Waals surface area contributed by atoms with Gasteiger partial charge in [0.05, 0.1) is 0 Å². The molecule has 3 heteroatoms. The molecular formula is C21H32N2O. The lowest BCUT2D eigenvalue weighted by atomic mass is 9.79. The fourth-order valence-corrected chi connectivity index (χ4v) is 3.56. The molecule has 0 saturated heterocycles. The third-order valence-electron chi connectivity index (χ3n) is 4.61. The molecule has 2 rings (SSSR count). The number of ketones is 1. The van der Waals surface area contributed by atoms with Gasteiger partial charge in [0, 0.05) is 40.5 Å². The zero-order chi connectivity index (χ0) is 18.0. The van der Waals surface area contributed by atoms with Crippen LogP contribution in [0.2, 0.25) is 0 Å². The quantitative estimate of drug-likeness (QED) is 0.762. The van der Waals surface area contributed by atoms with Crippen LogP contribution in [0.5, 0.6) is 0 Å². The highest BCUT2D eigenvalue weighted by Gasteiger charge is 2.31. The number of rotatable bonds is 7. The Morgan fingerprint density at radius 1 is 1.17 bits per heavy atom. The number of H-pyrrole nitrogens is 1. The van der Waals surface area contributed by atoms with E-state index in [1.54, 1.807) is 0 Å². The van der Waals surface area contributed by atoms with Crippen molar-refractivity contribution in [2.75, 3.05) is 0 Å². The highest BCUT2D eigenvalue weighted by atomic mass is 16.1. The second kappa shape index (κ2) is 7.10. The first-order valence-electron chi connectivity index (χ1n) is 8.98. The minimum atomic E-state index is -0.302. The number of fused-ring (bicyclic) bond motifs is 1. The molecule has 0 saturated carbocycles. The summed E-state index contributed by atoms with van der Waals surface area (Å²) in [6, 6.07) is 8.66. The van der Waals surface area contributed by atoms with Gasteiger partial charge >= 0.3 is 0 Å². The van der Waals surface area contributed by atoms with Crippen LogP contribution in [0.4, 0.5) is 0 Å². The number of carbonyl (C=O) groups is 1. The van der Waals surface area contributed by atoms with Gasteiger partial charge in [0.25, 0.3) is 0 Å². The number of Topliss-reactive ketones (excluding diaryl/α,β-unsaturated/α-hetero) is 1. The zero-order valence-electron chi connectivity index (χ0n) is 16.0. The summed E-state index contributed by atoms with van der Waals surface area (Å²) in [6.45, 7) is 12.7. The minimum Gasteiger partial charge on any atom is -0.361 e. The average molecular weight is 329 g/mol. The maximum Gasteiger partial charge on any atom is 0.138 e. The molecule has 0 aliphatic heterocycles. The van der Waals surface area contributed by atoms with Gasteiger partial charge in [0.15, 0.2) is 0 Å². The lowest BCUT2D eigenvalue weighted by molar-refractivity contribution is -0.127. The van der Waals surface area contributed by atoms with Gasteiger partial charge in [-0.1, -0.05) is 39.0 Å². The van der Waals surface area contributed by atoms with Gasteiger partial charge < -0.3 is 10.3 Å². The first-order valence-corrected chi connectivity index (χ1v) is 8.98. The fraction of sp³-hybridized carbons (Fsp3) is 0.571. The Balaban J connectivity index is 2.24. The number of carbonyl (C=O) groups excluding carboxylic acids is 1. The molecule has 0 aliphatic carbocycles. The molecule has 1 aromatic carbocycles. The Kier molecular flexibility index (Phi) is 5.54. The number of hydrogen-bond donors (Lipinski definition) is 2. The van der Waals surface area contributed by atoms with Gasteiger partial charge in [-0.3, -0.25) is 4.79 Å². The standard InChI is InChI=1S/C21H32N2O/c1-7-19(24)21(5,6)13-16(23-20(2,3)4)12-15-14-22-18-11-9-8-10-17(15)18/h8-11,14,16,22-23H,7,12-13H2,1-6H3/t16-/m0/s1. The summed E-state index contributed by atoms with van der Waals surface area (Å²) in [4.78, 5) is 15.7. The van der Waals surface area contributed by atoms with Gasteiger partial charge in [-0.15, -0.1) is 0 Å². The molecule has 24 heavy (non-hydrogen) atoms. The van der Waals surface area contributed by atoms with Crippen LogP contribution in [0.3, 0.4) is 0 Å². The molecule has 3 nitrogen and oxygen atoms in total. The SMILES string of the molecule is CCC(=O)C(C)(C)C[C@H](Cc1c[nH]c2ccccc12)NC(C)(C)C. The first kappa shape index (κ1) is 18.7. The molecule has 0 unspecified atom stereocenters. The lowest BCUT2D eigenvalue weighted by Gasteiger charge is -2.34. The van der Waals surface area contributed by atoms with E-state index in [-0.39, 0.29) is 17.0 Å². The molecule has 0 fully saturated rings. The molecule has 1 aromatic heterocycles. The summed E-state index contributed by atoms with van der Waals surface area (Å²) in [6.07, 6.45) is 4.47. The summed E-state index contributed by atoms with van der Waals surface area (Å²) in [5.74, 6) is 0.335. The summed E-state index contributed by atoms with van der Waals surface area (Å²) < 4.78 is 0. The Morgan fingerprint density at radius 3 is 2.46 bits per heavy atom. The van der Waals surface area contributed by atoms with Crippen LogP contribution in [0.15, 0.2) is 30.5 Å². The van der Waals surface area contributed by atoms with E-state index in [0.717, 1.165) is 12.8 Å². The number of nitrogens with one attached hydrogen (secondary N) is 2. The number of para-hydroxylation sites is 1. The van der Waals surface area contributed by atoms with Crippen LogP contribution in [0.1, 0.15) is 59.9 Å². The molecule has 132 valence electrons. The van der Waals surface area contributed by atoms with Crippen molar-refractivity contribution in [1.82, 2.24) is 10.3 Å². The van der Waals surface area contributed by atoms with Gasteiger partial charge in [0.1, 0.15) is 5.78 Å². The third-order valence-corrected chi connectivity index (χ3v) is 4.61. The van der Waals surface area contributed by atoms with Crippen LogP contribution in [-0.2, 0) is 11.2 Å². The van der Waals surface area contributed by atoms with Gasteiger partial charge in [-0.05, 0) is 45.2 Å². The predicted molar refractivity (Wildman–Crippen MR) is 102 cm³/mol. The summed E-state index contributed by atoms with van der Waals surface area (Å²) in [5, 5.41) is 5.00. The normalized spacial score (nSPS) is 14.1. The Labute approximate surface area is 146 Å². The molecule has 1 atom stereocenters. The van der Waals surface area contributed by atoms with E-state index in [0.29, 0.717) is 12.2 Å². The second-order valence-corrected chi connectivity index (χ2v) is 8.52. The van der Waals surface area contributed by atoms with Crippen LogP contribution in [0.25, 0.3) is 10.9 Å². The zero-order valence-corrected chi connectivity index (χ0v) is 16.0. The monoisotopic (exact) mass is 328 g/mol. The summed E-state index contributed by atoms with van der Waals surface area (Å²) in [7, 11) is 0. The second-order valence-electron chi connectivity index (χ2n) is 8.52. The Hall–Kier alpha value is -1.61. The highest BCUT2D eigenvalue weighted by molar-refractivity contribution is 5.84. The number of benzene rings is 1. The van der Waals surface area contributed by atoms with E-state index in [1.165, 1.54) is 16.5 Å². The average Bonchev–Trinajstić information content (AvgIpc) is 2.87. The van der Waals surface area contributed by atoms with E-state index in [1.807, 2.05) is 6.92 Å².